The maximum Gasteiger partial charge on any atom is 0.357 e. The highest BCUT2D eigenvalue weighted by molar-refractivity contribution is 9.10. The number of pyridine rings is 1. The summed E-state index contributed by atoms with van der Waals surface area (Å²) in [5.74, 6) is -1.08. The van der Waals surface area contributed by atoms with Crippen molar-refractivity contribution in [1.29, 1.82) is 0 Å². The van der Waals surface area contributed by atoms with Crippen LogP contribution in [-0.2, 0) is 4.74 Å². The zero-order valence-electron chi connectivity index (χ0n) is 13.2. The van der Waals surface area contributed by atoms with Crippen molar-refractivity contribution in [3.05, 3.63) is 40.6 Å². The van der Waals surface area contributed by atoms with E-state index >= 15 is 0 Å². The molecule has 1 saturated heterocycles. The summed E-state index contributed by atoms with van der Waals surface area (Å²) >= 11 is 3.57. The van der Waals surface area contributed by atoms with Crippen LogP contribution in [0.3, 0.4) is 0 Å². The molecule has 128 valence electrons. The molecule has 1 fully saturated rings. The van der Waals surface area contributed by atoms with Gasteiger partial charge in [0.1, 0.15) is 0 Å². The molecule has 0 radical (unpaired) electrons. The molecule has 0 atom stereocenters. The van der Waals surface area contributed by atoms with Crippen LogP contribution in [0.25, 0.3) is 22.2 Å². The van der Waals surface area contributed by atoms with E-state index in [4.69, 9.17) is 4.74 Å². The molecule has 0 unspecified atom stereocenters. The third kappa shape index (κ3) is 2.98. The number of hydrogen-bond donors (Lipinski definition) is 2. The Bertz CT molecular complexity index is 950. The second-order valence-electron chi connectivity index (χ2n) is 5.76. The van der Waals surface area contributed by atoms with Crippen LogP contribution in [0.1, 0.15) is 10.5 Å². The quantitative estimate of drug-likeness (QED) is 0.699. The van der Waals surface area contributed by atoms with Crippen LogP contribution >= 0.6 is 15.9 Å². The Kier molecular flexibility index (Phi) is 4.14. The average Bonchev–Trinajstić information content (AvgIpc) is 3.06. The maximum atomic E-state index is 11.5. The maximum absolute atomic E-state index is 11.5. The molecule has 0 aliphatic carbocycles. The largest absolute Gasteiger partial charge is 0.476 e. The van der Waals surface area contributed by atoms with E-state index in [9.17, 15) is 9.90 Å². The molecule has 2 aromatic heterocycles. The molecule has 2 N–H and O–H groups in total. The molecule has 4 rings (SSSR count). The predicted molar refractivity (Wildman–Crippen MR) is 97.0 cm³/mol. The van der Waals surface area contributed by atoms with Gasteiger partial charge < -0.3 is 14.7 Å². The highest BCUT2D eigenvalue weighted by Gasteiger charge is 2.19. The fourth-order valence-electron chi connectivity index (χ4n) is 3.08. The first-order valence-corrected chi connectivity index (χ1v) is 8.63. The average molecular weight is 403 g/mol. The molecule has 3 aromatic rings. The number of aromatic nitrogens is 3. The number of aromatic carboxylic acids is 1. The first-order chi connectivity index (χ1) is 12.1. The molecule has 1 aliphatic heterocycles. The van der Waals surface area contributed by atoms with Crippen LogP contribution in [0.4, 0.5) is 5.69 Å². The minimum absolute atomic E-state index is 0.0222. The summed E-state index contributed by atoms with van der Waals surface area (Å²) in [5, 5.41) is 16.5. The van der Waals surface area contributed by atoms with Crippen LogP contribution in [0.15, 0.2) is 34.9 Å². The molecule has 3 heterocycles. The molecule has 8 heteroatoms. The number of nitrogens with zero attached hydrogens (tertiary/aromatic N) is 3. The summed E-state index contributed by atoms with van der Waals surface area (Å²) in [7, 11) is 0. The summed E-state index contributed by atoms with van der Waals surface area (Å²) in [4.78, 5) is 17.9. The van der Waals surface area contributed by atoms with Gasteiger partial charge in [0.25, 0.3) is 0 Å². The standard InChI is InChI=1S/C17H15BrN4O3/c18-11-7-10(8-12(9-11)22-3-5-25-6-4-22)13-1-2-19-16-14(13)15(17(23)24)20-21-16/h1-2,7-9H,3-6H2,(H,23,24)(H,19,20,21). The van der Waals surface area contributed by atoms with Crippen LogP contribution in [0, 0.1) is 0 Å². The number of halogens is 1. The Labute approximate surface area is 151 Å². The molecule has 0 bridgehead atoms. The number of ether oxygens (including phenoxy) is 1. The summed E-state index contributed by atoms with van der Waals surface area (Å²) in [6.45, 7) is 3.06. The van der Waals surface area contributed by atoms with Gasteiger partial charge in [-0.15, -0.1) is 0 Å². The fraction of sp³-hybridized carbons (Fsp3) is 0.235. The minimum atomic E-state index is -1.08. The Morgan fingerprint density at radius 3 is 2.84 bits per heavy atom. The minimum Gasteiger partial charge on any atom is -0.476 e. The first kappa shape index (κ1) is 16.0. The third-order valence-corrected chi connectivity index (χ3v) is 4.69. The van der Waals surface area contributed by atoms with Gasteiger partial charge in [-0.1, -0.05) is 15.9 Å². The topological polar surface area (TPSA) is 91.3 Å². The van der Waals surface area contributed by atoms with E-state index in [1.807, 2.05) is 12.1 Å². The van der Waals surface area contributed by atoms with Crippen molar-refractivity contribution in [2.45, 2.75) is 0 Å². The SMILES string of the molecule is O=C(O)c1n[nH]c2nccc(-c3cc(Br)cc(N4CCOCC4)c3)c12. The Morgan fingerprint density at radius 2 is 2.08 bits per heavy atom. The lowest BCUT2D eigenvalue weighted by molar-refractivity contribution is 0.0692. The molecule has 0 spiro atoms. The monoisotopic (exact) mass is 402 g/mol. The zero-order valence-corrected chi connectivity index (χ0v) is 14.8. The lowest BCUT2D eigenvalue weighted by atomic mass is 10.0. The van der Waals surface area contributed by atoms with E-state index in [1.165, 1.54) is 0 Å². The molecule has 25 heavy (non-hydrogen) atoms. The highest BCUT2D eigenvalue weighted by Crippen LogP contribution is 2.34. The van der Waals surface area contributed by atoms with Crippen LogP contribution in [0.5, 0.6) is 0 Å². The highest BCUT2D eigenvalue weighted by atomic mass is 79.9. The third-order valence-electron chi connectivity index (χ3n) is 4.23. The van der Waals surface area contributed by atoms with E-state index in [0.29, 0.717) is 24.2 Å². The second kappa shape index (κ2) is 6.45. The Morgan fingerprint density at radius 1 is 1.28 bits per heavy atom. The molecule has 0 amide bonds. The smallest absolute Gasteiger partial charge is 0.357 e. The van der Waals surface area contributed by atoms with Crippen molar-refractivity contribution in [2.24, 2.45) is 0 Å². The normalized spacial score (nSPS) is 14.8. The summed E-state index contributed by atoms with van der Waals surface area (Å²) in [6, 6.07) is 7.90. The molecular formula is C17H15BrN4O3. The van der Waals surface area contributed by atoms with Crippen molar-refractivity contribution in [3.63, 3.8) is 0 Å². The van der Waals surface area contributed by atoms with E-state index in [0.717, 1.165) is 34.4 Å². The van der Waals surface area contributed by atoms with Gasteiger partial charge in [0, 0.05) is 29.4 Å². The number of benzene rings is 1. The fourth-order valence-corrected chi connectivity index (χ4v) is 3.56. The first-order valence-electron chi connectivity index (χ1n) is 7.83. The molecule has 0 saturated carbocycles. The van der Waals surface area contributed by atoms with Crippen molar-refractivity contribution >= 4 is 38.6 Å². The van der Waals surface area contributed by atoms with Gasteiger partial charge in [0.2, 0.25) is 0 Å². The number of H-pyrrole nitrogens is 1. The summed E-state index contributed by atoms with van der Waals surface area (Å²) in [5.41, 5.74) is 3.20. The van der Waals surface area contributed by atoms with Crippen molar-refractivity contribution in [1.82, 2.24) is 15.2 Å². The van der Waals surface area contributed by atoms with Crippen LogP contribution < -0.4 is 4.90 Å². The zero-order chi connectivity index (χ0) is 17.4. The van der Waals surface area contributed by atoms with Gasteiger partial charge in [-0.05, 0) is 35.4 Å². The number of morpholine rings is 1. The summed E-state index contributed by atoms with van der Waals surface area (Å²) < 4.78 is 6.34. The Hall–Kier alpha value is -2.45. The Balaban J connectivity index is 1.87. The van der Waals surface area contributed by atoms with E-state index in [2.05, 4.69) is 48.1 Å². The number of hydrogen-bond acceptors (Lipinski definition) is 5. The number of nitrogens with one attached hydrogen (secondary N) is 1. The molecule has 1 aliphatic rings. The van der Waals surface area contributed by atoms with Gasteiger partial charge in [-0.2, -0.15) is 5.10 Å². The van der Waals surface area contributed by atoms with Crippen molar-refractivity contribution in [3.8, 4) is 11.1 Å². The number of aromatic amines is 1. The molecular weight excluding hydrogens is 388 g/mol. The van der Waals surface area contributed by atoms with Crippen LogP contribution in [-0.4, -0.2) is 52.6 Å². The number of carboxylic acids is 1. The van der Waals surface area contributed by atoms with Gasteiger partial charge in [0.15, 0.2) is 11.3 Å². The lowest BCUT2D eigenvalue weighted by Gasteiger charge is -2.29. The number of rotatable bonds is 3. The summed E-state index contributed by atoms with van der Waals surface area (Å²) in [6.07, 6.45) is 1.65. The number of anilines is 1. The number of carbonyl (C=O) groups is 1. The van der Waals surface area contributed by atoms with E-state index < -0.39 is 5.97 Å². The predicted octanol–water partition coefficient (Wildman–Crippen LogP) is 2.92. The molecule has 1 aromatic carbocycles. The van der Waals surface area contributed by atoms with Gasteiger partial charge in [-0.3, -0.25) is 5.10 Å². The number of fused-ring (bicyclic) bond motifs is 1. The van der Waals surface area contributed by atoms with Crippen molar-refractivity contribution in [2.75, 3.05) is 31.2 Å². The van der Waals surface area contributed by atoms with Gasteiger partial charge in [-0.25, -0.2) is 9.78 Å². The lowest BCUT2D eigenvalue weighted by Crippen LogP contribution is -2.36. The van der Waals surface area contributed by atoms with Gasteiger partial charge >= 0.3 is 5.97 Å². The van der Waals surface area contributed by atoms with Crippen LogP contribution in [0.2, 0.25) is 0 Å². The van der Waals surface area contributed by atoms with Crippen molar-refractivity contribution < 1.29 is 14.6 Å². The molecule has 7 nitrogen and oxygen atoms in total. The van der Waals surface area contributed by atoms with Gasteiger partial charge in [0.05, 0.1) is 18.6 Å². The number of carboxylic acid groups (broad SMARTS) is 1. The second-order valence-corrected chi connectivity index (χ2v) is 6.67. The van der Waals surface area contributed by atoms with E-state index in [1.54, 1.807) is 6.20 Å². The van der Waals surface area contributed by atoms with E-state index in [-0.39, 0.29) is 5.69 Å².